The molecule has 2 rings (SSSR count). The number of methoxy groups -OCH3 is 1. The lowest BCUT2D eigenvalue weighted by molar-refractivity contribution is 0.317. The first-order valence-electron chi connectivity index (χ1n) is 7.15. The Kier molecular flexibility index (Phi) is 4.83. The number of fused-ring (bicyclic) bond motifs is 1. The third-order valence-corrected chi connectivity index (χ3v) is 3.80. The highest BCUT2D eigenvalue weighted by Crippen LogP contribution is 2.25. The molecule has 0 amide bonds. The van der Waals surface area contributed by atoms with Gasteiger partial charge < -0.3 is 15.0 Å². The Morgan fingerprint density at radius 1 is 1.37 bits per heavy atom. The maximum absolute atomic E-state index is 5.32. The van der Waals surface area contributed by atoms with E-state index in [1.807, 2.05) is 0 Å². The third-order valence-electron chi connectivity index (χ3n) is 3.80. The van der Waals surface area contributed by atoms with Gasteiger partial charge in [-0.2, -0.15) is 0 Å². The van der Waals surface area contributed by atoms with Gasteiger partial charge in [-0.15, -0.1) is 0 Å². The maximum atomic E-state index is 5.32. The van der Waals surface area contributed by atoms with Crippen LogP contribution in [-0.4, -0.2) is 44.7 Å². The highest BCUT2D eigenvalue weighted by Gasteiger charge is 2.20. The molecule has 0 aromatic heterocycles. The van der Waals surface area contributed by atoms with Crippen molar-refractivity contribution in [2.45, 2.75) is 38.3 Å². The summed E-state index contributed by atoms with van der Waals surface area (Å²) in [7, 11) is 5.98. The van der Waals surface area contributed by atoms with Crippen molar-refractivity contribution < 1.29 is 4.74 Å². The van der Waals surface area contributed by atoms with E-state index in [2.05, 4.69) is 49.4 Å². The topological polar surface area (TPSA) is 24.5 Å². The van der Waals surface area contributed by atoms with E-state index in [9.17, 15) is 0 Å². The number of hydrogen-bond donors (Lipinski definition) is 1. The first-order chi connectivity index (χ1) is 9.08. The van der Waals surface area contributed by atoms with E-state index in [4.69, 9.17) is 4.74 Å². The van der Waals surface area contributed by atoms with Crippen LogP contribution in [-0.2, 0) is 12.8 Å². The molecule has 0 aliphatic heterocycles. The molecule has 0 spiro atoms. The summed E-state index contributed by atoms with van der Waals surface area (Å²) in [6, 6.07) is 7.61. The SMILES string of the molecule is COc1ccc2c(c1)CC(NC(C)CN(C)C)CC2. The van der Waals surface area contributed by atoms with Crippen molar-refractivity contribution in [3.63, 3.8) is 0 Å². The Bertz CT molecular complexity index is 417. The van der Waals surface area contributed by atoms with E-state index < -0.39 is 0 Å². The summed E-state index contributed by atoms with van der Waals surface area (Å²) in [5.74, 6) is 0.973. The lowest BCUT2D eigenvalue weighted by atomic mass is 9.88. The Labute approximate surface area is 116 Å². The van der Waals surface area contributed by atoms with E-state index in [-0.39, 0.29) is 0 Å². The van der Waals surface area contributed by atoms with Crippen molar-refractivity contribution in [1.29, 1.82) is 0 Å². The van der Waals surface area contributed by atoms with Crippen molar-refractivity contribution in [2.24, 2.45) is 0 Å². The molecular weight excluding hydrogens is 236 g/mol. The zero-order valence-electron chi connectivity index (χ0n) is 12.6. The van der Waals surface area contributed by atoms with Crippen molar-refractivity contribution in [2.75, 3.05) is 27.7 Å². The highest BCUT2D eigenvalue weighted by atomic mass is 16.5. The second-order valence-corrected chi connectivity index (χ2v) is 5.90. The van der Waals surface area contributed by atoms with Crippen LogP contribution in [0.1, 0.15) is 24.5 Å². The van der Waals surface area contributed by atoms with Gasteiger partial charge in [-0.25, -0.2) is 0 Å². The molecule has 1 aromatic carbocycles. The van der Waals surface area contributed by atoms with Crippen molar-refractivity contribution in [1.82, 2.24) is 10.2 Å². The predicted octanol–water partition coefficient (Wildman–Crippen LogP) is 2.09. The lowest BCUT2D eigenvalue weighted by Crippen LogP contribution is -2.44. The number of nitrogens with one attached hydrogen (secondary N) is 1. The zero-order valence-corrected chi connectivity index (χ0v) is 12.6. The summed E-state index contributed by atoms with van der Waals surface area (Å²) < 4.78 is 5.32. The van der Waals surface area contributed by atoms with E-state index in [1.54, 1.807) is 7.11 Å². The average Bonchev–Trinajstić information content (AvgIpc) is 2.36. The Morgan fingerprint density at radius 2 is 2.16 bits per heavy atom. The molecule has 19 heavy (non-hydrogen) atoms. The van der Waals surface area contributed by atoms with Gasteiger partial charge in [-0.05, 0) is 63.5 Å². The minimum Gasteiger partial charge on any atom is -0.497 e. The van der Waals surface area contributed by atoms with Crippen LogP contribution in [0.2, 0.25) is 0 Å². The van der Waals surface area contributed by atoms with Gasteiger partial charge >= 0.3 is 0 Å². The summed E-state index contributed by atoms with van der Waals surface area (Å²) in [4.78, 5) is 2.23. The van der Waals surface area contributed by atoms with E-state index in [0.29, 0.717) is 12.1 Å². The van der Waals surface area contributed by atoms with Crippen LogP contribution in [0.3, 0.4) is 0 Å². The second kappa shape index (κ2) is 6.40. The monoisotopic (exact) mass is 262 g/mol. The molecule has 0 fully saturated rings. The molecule has 1 N–H and O–H groups in total. The smallest absolute Gasteiger partial charge is 0.119 e. The van der Waals surface area contributed by atoms with Gasteiger partial charge in [0.2, 0.25) is 0 Å². The molecule has 2 unspecified atom stereocenters. The van der Waals surface area contributed by atoms with Gasteiger partial charge in [-0.3, -0.25) is 0 Å². The number of rotatable bonds is 5. The van der Waals surface area contributed by atoms with Gasteiger partial charge in [0.15, 0.2) is 0 Å². The van der Waals surface area contributed by atoms with E-state index >= 15 is 0 Å². The molecular formula is C16H26N2O. The van der Waals surface area contributed by atoms with Crippen LogP contribution in [0.5, 0.6) is 5.75 Å². The second-order valence-electron chi connectivity index (χ2n) is 5.90. The van der Waals surface area contributed by atoms with Gasteiger partial charge in [-0.1, -0.05) is 6.07 Å². The number of benzene rings is 1. The molecule has 0 saturated carbocycles. The molecule has 3 nitrogen and oxygen atoms in total. The summed E-state index contributed by atoms with van der Waals surface area (Å²) in [6.07, 6.45) is 3.52. The summed E-state index contributed by atoms with van der Waals surface area (Å²) >= 11 is 0. The standard InChI is InChI=1S/C16H26N2O/c1-12(11-18(2)3)17-15-7-5-13-6-8-16(19-4)10-14(13)9-15/h6,8,10,12,15,17H,5,7,9,11H2,1-4H3. The van der Waals surface area contributed by atoms with Gasteiger partial charge in [0, 0.05) is 18.6 Å². The Balaban J connectivity index is 1.97. The van der Waals surface area contributed by atoms with Crippen molar-refractivity contribution >= 4 is 0 Å². The summed E-state index contributed by atoms with van der Waals surface area (Å²) in [5.41, 5.74) is 2.93. The van der Waals surface area contributed by atoms with Crippen LogP contribution in [0.15, 0.2) is 18.2 Å². The minimum atomic E-state index is 0.534. The maximum Gasteiger partial charge on any atom is 0.119 e. The molecule has 0 saturated heterocycles. The Morgan fingerprint density at radius 3 is 2.84 bits per heavy atom. The molecule has 3 heteroatoms. The van der Waals surface area contributed by atoms with Crippen molar-refractivity contribution in [3.8, 4) is 5.75 Å². The first-order valence-corrected chi connectivity index (χ1v) is 7.15. The largest absolute Gasteiger partial charge is 0.497 e. The molecule has 2 atom stereocenters. The molecule has 1 aliphatic rings. The fourth-order valence-electron chi connectivity index (χ4n) is 3.01. The predicted molar refractivity (Wildman–Crippen MR) is 80.0 cm³/mol. The third kappa shape index (κ3) is 3.95. The van der Waals surface area contributed by atoms with E-state index in [0.717, 1.165) is 18.7 Å². The molecule has 1 aliphatic carbocycles. The van der Waals surface area contributed by atoms with E-state index in [1.165, 1.54) is 24.0 Å². The molecule has 1 aromatic rings. The number of likely N-dealkylation sites (N-methyl/N-ethyl adjacent to an activating group) is 1. The lowest BCUT2D eigenvalue weighted by Gasteiger charge is -2.29. The quantitative estimate of drug-likeness (QED) is 0.879. The normalized spacial score (nSPS) is 20.2. The fourth-order valence-corrected chi connectivity index (χ4v) is 3.01. The molecule has 106 valence electrons. The summed E-state index contributed by atoms with van der Waals surface area (Å²) in [6.45, 7) is 3.35. The number of nitrogens with zero attached hydrogens (tertiary/aromatic N) is 1. The molecule has 0 radical (unpaired) electrons. The number of aryl methyl sites for hydroxylation is 1. The number of ether oxygens (including phenoxy) is 1. The molecule has 0 heterocycles. The van der Waals surface area contributed by atoms with Crippen molar-refractivity contribution in [3.05, 3.63) is 29.3 Å². The zero-order chi connectivity index (χ0) is 13.8. The van der Waals surface area contributed by atoms with Crippen LogP contribution in [0, 0.1) is 0 Å². The fraction of sp³-hybridized carbons (Fsp3) is 0.625. The van der Waals surface area contributed by atoms with Crippen LogP contribution >= 0.6 is 0 Å². The number of hydrogen-bond acceptors (Lipinski definition) is 3. The first kappa shape index (κ1) is 14.4. The average molecular weight is 262 g/mol. The summed E-state index contributed by atoms with van der Waals surface area (Å²) in [5, 5.41) is 3.75. The van der Waals surface area contributed by atoms with Crippen LogP contribution in [0.25, 0.3) is 0 Å². The van der Waals surface area contributed by atoms with Crippen LogP contribution < -0.4 is 10.1 Å². The molecule has 0 bridgehead atoms. The Hall–Kier alpha value is -1.06. The van der Waals surface area contributed by atoms with Gasteiger partial charge in [0.1, 0.15) is 5.75 Å². The van der Waals surface area contributed by atoms with Crippen LogP contribution in [0.4, 0.5) is 0 Å². The van der Waals surface area contributed by atoms with Gasteiger partial charge in [0.05, 0.1) is 7.11 Å². The van der Waals surface area contributed by atoms with Gasteiger partial charge in [0.25, 0.3) is 0 Å². The minimum absolute atomic E-state index is 0.534. The highest BCUT2D eigenvalue weighted by molar-refractivity contribution is 5.37.